The average molecular weight is 199 g/mol. The Morgan fingerprint density at radius 2 is 1.73 bits per heavy atom. The Kier molecular flexibility index (Phi) is 2.21. The van der Waals surface area contributed by atoms with Crippen LogP contribution in [0.25, 0.3) is 10.8 Å². The van der Waals surface area contributed by atoms with Crippen LogP contribution in [0.3, 0.4) is 0 Å². The van der Waals surface area contributed by atoms with E-state index in [1.54, 1.807) is 30.3 Å². The van der Waals surface area contributed by atoms with Crippen LogP contribution >= 0.6 is 0 Å². The number of anilines is 1. The maximum atomic E-state index is 10.9. The van der Waals surface area contributed by atoms with Crippen molar-refractivity contribution < 1.29 is 9.59 Å². The predicted octanol–water partition coefficient (Wildman–Crippen LogP) is 2.05. The van der Waals surface area contributed by atoms with Crippen molar-refractivity contribution in [2.75, 3.05) is 5.73 Å². The smallest absolute Gasteiger partial charge is 0.152 e. The van der Waals surface area contributed by atoms with Crippen molar-refractivity contribution in [3.8, 4) is 0 Å². The fraction of sp³-hybridized carbons (Fsp3) is 0. The van der Waals surface area contributed by atoms with Gasteiger partial charge in [-0.1, -0.05) is 24.3 Å². The van der Waals surface area contributed by atoms with Crippen LogP contribution in [0.5, 0.6) is 0 Å². The molecular weight excluding hydrogens is 190 g/mol. The highest BCUT2D eigenvalue weighted by Gasteiger charge is 2.06. The largest absolute Gasteiger partial charge is 0.398 e. The fourth-order valence-corrected chi connectivity index (χ4v) is 1.66. The summed E-state index contributed by atoms with van der Waals surface area (Å²) in [4.78, 5) is 21.7. The van der Waals surface area contributed by atoms with Gasteiger partial charge < -0.3 is 5.73 Å². The topological polar surface area (TPSA) is 60.2 Å². The van der Waals surface area contributed by atoms with Crippen LogP contribution in [0.4, 0.5) is 5.69 Å². The second-order valence-corrected chi connectivity index (χ2v) is 3.25. The van der Waals surface area contributed by atoms with Gasteiger partial charge in [0.2, 0.25) is 0 Å². The van der Waals surface area contributed by atoms with E-state index in [-0.39, 0.29) is 0 Å². The molecule has 2 rings (SSSR count). The first-order valence-electron chi connectivity index (χ1n) is 4.49. The fourth-order valence-electron chi connectivity index (χ4n) is 1.66. The van der Waals surface area contributed by atoms with Gasteiger partial charge in [-0.2, -0.15) is 0 Å². The van der Waals surface area contributed by atoms with E-state index in [4.69, 9.17) is 5.73 Å². The van der Waals surface area contributed by atoms with Crippen LogP contribution in [0.2, 0.25) is 0 Å². The highest BCUT2D eigenvalue weighted by molar-refractivity contribution is 6.08. The molecule has 2 N–H and O–H groups in total. The summed E-state index contributed by atoms with van der Waals surface area (Å²) in [6, 6.07) is 8.61. The third kappa shape index (κ3) is 1.38. The van der Waals surface area contributed by atoms with Crippen molar-refractivity contribution in [2.45, 2.75) is 0 Å². The van der Waals surface area contributed by atoms with Gasteiger partial charge >= 0.3 is 0 Å². The summed E-state index contributed by atoms with van der Waals surface area (Å²) in [5.41, 5.74) is 7.11. The number of rotatable bonds is 2. The lowest BCUT2D eigenvalue weighted by molar-refractivity contribution is 0.111. The standard InChI is InChI=1S/C12H9NO2/c13-12-5-4-9-8(6-14)2-1-3-10(9)11(12)7-15/h1-7H,13H2. The van der Waals surface area contributed by atoms with E-state index in [2.05, 4.69) is 0 Å². The summed E-state index contributed by atoms with van der Waals surface area (Å²) >= 11 is 0. The number of aldehydes is 2. The summed E-state index contributed by atoms with van der Waals surface area (Å²) in [5, 5.41) is 1.47. The molecule has 3 nitrogen and oxygen atoms in total. The zero-order chi connectivity index (χ0) is 10.8. The van der Waals surface area contributed by atoms with Gasteiger partial charge in [0.1, 0.15) is 0 Å². The second-order valence-electron chi connectivity index (χ2n) is 3.25. The van der Waals surface area contributed by atoms with Gasteiger partial charge in [-0.3, -0.25) is 9.59 Å². The van der Waals surface area contributed by atoms with Gasteiger partial charge in [-0.05, 0) is 16.8 Å². The van der Waals surface area contributed by atoms with Gasteiger partial charge in [0.05, 0.1) is 0 Å². The molecule has 15 heavy (non-hydrogen) atoms. The van der Waals surface area contributed by atoms with E-state index in [1.807, 2.05) is 0 Å². The molecule has 0 aliphatic rings. The van der Waals surface area contributed by atoms with E-state index in [9.17, 15) is 9.59 Å². The normalized spacial score (nSPS) is 10.1. The zero-order valence-electron chi connectivity index (χ0n) is 7.94. The molecule has 2 aromatic rings. The average Bonchev–Trinajstić information content (AvgIpc) is 2.28. The Labute approximate surface area is 86.5 Å². The van der Waals surface area contributed by atoms with Crippen LogP contribution in [-0.4, -0.2) is 12.6 Å². The molecule has 0 atom stereocenters. The van der Waals surface area contributed by atoms with Crippen LogP contribution < -0.4 is 5.73 Å². The van der Waals surface area contributed by atoms with Gasteiger partial charge in [0.25, 0.3) is 0 Å². The third-order valence-electron chi connectivity index (χ3n) is 2.42. The summed E-state index contributed by atoms with van der Waals surface area (Å²) < 4.78 is 0. The van der Waals surface area contributed by atoms with Crippen molar-refractivity contribution >= 4 is 29.0 Å². The summed E-state index contributed by atoms with van der Waals surface area (Å²) in [7, 11) is 0. The van der Waals surface area contributed by atoms with E-state index in [0.29, 0.717) is 23.1 Å². The number of hydrogen-bond donors (Lipinski definition) is 1. The lowest BCUT2D eigenvalue weighted by Gasteiger charge is -2.05. The Morgan fingerprint density at radius 1 is 0.933 bits per heavy atom. The van der Waals surface area contributed by atoms with Gasteiger partial charge in [0, 0.05) is 16.8 Å². The highest BCUT2D eigenvalue weighted by Crippen LogP contribution is 2.24. The molecule has 2 aromatic carbocycles. The molecule has 0 bridgehead atoms. The molecular formula is C12H9NO2. The molecule has 0 unspecified atom stereocenters. The Hall–Kier alpha value is -2.16. The number of carbonyl (C=O) groups is 2. The Morgan fingerprint density at radius 3 is 2.40 bits per heavy atom. The number of nitrogens with two attached hydrogens (primary N) is 1. The first-order chi connectivity index (χ1) is 7.27. The first kappa shape index (κ1) is 9.40. The third-order valence-corrected chi connectivity index (χ3v) is 2.42. The van der Waals surface area contributed by atoms with Crippen molar-refractivity contribution in [2.24, 2.45) is 0 Å². The first-order valence-corrected chi connectivity index (χ1v) is 4.49. The van der Waals surface area contributed by atoms with E-state index >= 15 is 0 Å². The zero-order valence-corrected chi connectivity index (χ0v) is 7.94. The molecule has 0 aliphatic heterocycles. The molecule has 0 heterocycles. The number of fused-ring (bicyclic) bond motifs is 1. The number of nitrogen functional groups attached to an aromatic ring is 1. The Balaban J connectivity index is 2.94. The van der Waals surface area contributed by atoms with Crippen molar-refractivity contribution in [3.05, 3.63) is 41.5 Å². The molecule has 0 spiro atoms. The highest BCUT2D eigenvalue weighted by atomic mass is 16.1. The van der Waals surface area contributed by atoms with E-state index in [0.717, 1.165) is 17.1 Å². The SMILES string of the molecule is Nc1ccc2c(C=O)cccc2c1C=O. The summed E-state index contributed by atoms with van der Waals surface area (Å²) in [5.74, 6) is 0. The maximum absolute atomic E-state index is 10.9. The molecule has 0 saturated carbocycles. The second kappa shape index (κ2) is 3.53. The number of benzene rings is 2. The number of hydrogen-bond acceptors (Lipinski definition) is 3. The molecule has 0 radical (unpaired) electrons. The lowest BCUT2D eigenvalue weighted by Crippen LogP contribution is -1.95. The number of carbonyl (C=O) groups excluding carboxylic acids is 2. The molecule has 0 aromatic heterocycles. The Bertz CT molecular complexity index is 547. The van der Waals surface area contributed by atoms with Crippen LogP contribution in [0.1, 0.15) is 20.7 Å². The van der Waals surface area contributed by atoms with Crippen LogP contribution in [-0.2, 0) is 0 Å². The van der Waals surface area contributed by atoms with Gasteiger partial charge in [-0.25, -0.2) is 0 Å². The molecule has 0 saturated heterocycles. The predicted molar refractivity (Wildman–Crippen MR) is 59.1 cm³/mol. The van der Waals surface area contributed by atoms with Crippen LogP contribution in [0.15, 0.2) is 30.3 Å². The monoisotopic (exact) mass is 199 g/mol. The van der Waals surface area contributed by atoms with Crippen LogP contribution in [0, 0.1) is 0 Å². The van der Waals surface area contributed by atoms with Crippen molar-refractivity contribution in [1.29, 1.82) is 0 Å². The molecule has 0 aliphatic carbocycles. The minimum absolute atomic E-state index is 0.431. The summed E-state index contributed by atoms with van der Waals surface area (Å²) in [6.07, 6.45) is 1.49. The molecule has 3 heteroatoms. The quantitative estimate of drug-likeness (QED) is 0.594. The van der Waals surface area contributed by atoms with Crippen molar-refractivity contribution in [3.63, 3.8) is 0 Å². The van der Waals surface area contributed by atoms with Gasteiger partial charge in [-0.15, -0.1) is 0 Å². The minimum atomic E-state index is 0.431. The van der Waals surface area contributed by atoms with E-state index < -0.39 is 0 Å². The lowest BCUT2D eigenvalue weighted by atomic mass is 10.00. The van der Waals surface area contributed by atoms with Gasteiger partial charge in [0.15, 0.2) is 12.6 Å². The van der Waals surface area contributed by atoms with Crippen molar-refractivity contribution in [1.82, 2.24) is 0 Å². The summed E-state index contributed by atoms with van der Waals surface area (Å²) in [6.45, 7) is 0. The molecule has 0 fully saturated rings. The minimum Gasteiger partial charge on any atom is -0.398 e. The van der Waals surface area contributed by atoms with E-state index in [1.165, 1.54) is 0 Å². The maximum Gasteiger partial charge on any atom is 0.152 e. The molecule has 0 amide bonds. The molecule has 74 valence electrons.